The molecule has 7 rings (SSSR count). The van der Waals surface area contributed by atoms with Gasteiger partial charge in [0.25, 0.3) is 0 Å². The van der Waals surface area contributed by atoms with Gasteiger partial charge in [-0.2, -0.15) is 12.1 Å². The molecule has 0 saturated heterocycles. The second-order valence-corrected chi connectivity index (χ2v) is 17.0. The third-order valence-corrected chi connectivity index (χ3v) is 10.1. The summed E-state index contributed by atoms with van der Waals surface area (Å²) in [7, 11) is 0. The monoisotopic (exact) mass is 568 g/mol. The van der Waals surface area contributed by atoms with E-state index >= 15 is 0 Å². The first-order valence-electron chi connectivity index (χ1n) is 12.7. The summed E-state index contributed by atoms with van der Waals surface area (Å²) in [6, 6.07) is 45.6. The fourth-order valence-corrected chi connectivity index (χ4v) is 6.84. The van der Waals surface area contributed by atoms with Gasteiger partial charge in [0.1, 0.15) is 0 Å². The molecular formula is C35H30SiZr. The molecule has 0 aliphatic heterocycles. The van der Waals surface area contributed by atoms with Crippen LogP contribution in [-0.4, -0.2) is 5.43 Å². The molecule has 2 heteroatoms. The summed E-state index contributed by atoms with van der Waals surface area (Å²) in [5.74, 6) is 0. The molecule has 7 aromatic rings. The fourth-order valence-electron chi connectivity index (χ4n) is 4.92. The van der Waals surface area contributed by atoms with Crippen LogP contribution in [0.15, 0.2) is 127 Å². The van der Waals surface area contributed by atoms with Crippen LogP contribution < -0.4 is 5.19 Å². The SMILES string of the molecule is C[Si](=[Zr+2])c1ccccc1.Cc1cc2ccc3ccccc3c2[cH-]1.Cc1cc2ccc3ccccc3c2[cH-]1. The summed E-state index contributed by atoms with van der Waals surface area (Å²) in [6.45, 7) is 6.64. The van der Waals surface area contributed by atoms with E-state index in [-0.39, 0.29) is 5.43 Å². The summed E-state index contributed by atoms with van der Waals surface area (Å²) >= 11 is 1.69. The molecule has 0 N–H and O–H groups in total. The van der Waals surface area contributed by atoms with Crippen LogP contribution >= 0.6 is 0 Å². The Balaban J connectivity index is 0.000000117. The summed E-state index contributed by atoms with van der Waals surface area (Å²) in [5.41, 5.74) is 2.57. The van der Waals surface area contributed by atoms with E-state index in [1.54, 1.807) is 28.5 Å². The summed E-state index contributed by atoms with van der Waals surface area (Å²) in [5, 5.41) is 12.4. The average Bonchev–Trinajstić information content (AvgIpc) is 3.51. The van der Waals surface area contributed by atoms with Crippen LogP contribution in [0.3, 0.4) is 0 Å². The second-order valence-electron chi connectivity index (χ2n) is 9.64. The number of hydrogen-bond acceptors (Lipinski definition) is 0. The third-order valence-electron chi connectivity index (χ3n) is 6.73. The number of fused-ring (bicyclic) bond motifs is 6. The van der Waals surface area contributed by atoms with E-state index in [9.17, 15) is 0 Å². The van der Waals surface area contributed by atoms with Gasteiger partial charge in [-0.1, -0.05) is 96.1 Å². The summed E-state index contributed by atoms with van der Waals surface area (Å²) in [6.07, 6.45) is 0. The minimum absolute atomic E-state index is 0.122. The van der Waals surface area contributed by atoms with E-state index in [1.807, 2.05) is 0 Å². The maximum atomic E-state index is 2.35. The van der Waals surface area contributed by atoms with Gasteiger partial charge in [0.2, 0.25) is 0 Å². The van der Waals surface area contributed by atoms with Crippen molar-refractivity contribution in [3.05, 3.63) is 139 Å². The third kappa shape index (κ3) is 5.93. The number of benzene rings is 5. The Morgan fingerprint density at radius 1 is 0.514 bits per heavy atom. The Bertz CT molecular complexity index is 1710. The van der Waals surface area contributed by atoms with E-state index < -0.39 is 0 Å². The number of aryl methyl sites for hydroxylation is 2. The summed E-state index contributed by atoms with van der Waals surface area (Å²) < 4.78 is 0. The van der Waals surface area contributed by atoms with Gasteiger partial charge in [-0.15, -0.1) is 56.9 Å². The minimum Gasteiger partial charge on any atom is -0.165 e. The first-order valence-corrected chi connectivity index (χ1v) is 18.4. The van der Waals surface area contributed by atoms with E-state index in [1.165, 1.54) is 54.2 Å². The fraction of sp³-hybridized carbons (Fsp3) is 0.0857. The Hall–Kier alpha value is -3.06. The van der Waals surface area contributed by atoms with Crippen molar-refractivity contribution in [3.8, 4) is 0 Å². The van der Waals surface area contributed by atoms with Crippen molar-refractivity contribution in [2.75, 3.05) is 0 Å². The molecule has 0 saturated carbocycles. The minimum atomic E-state index is -0.122. The van der Waals surface area contributed by atoms with Gasteiger partial charge in [-0.05, 0) is 0 Å². The van der Waals surface area contributed by atoms with Crippen molar-refractivity contribution in [2.45, 2.75) is 20.4 Å². The molecule has 0 spiro atoms. The number of rotatable bonds is 1. The van der Waals surface area contributed by atoms with Crippen LogP contribution in [0.5, 0.6) is 0 Å². The first-order chi connectivity index (χ1) is 18.0. The van der Waals surface area contributed by atoms with Crippen molar-refractivity contribution in [1.29, 1.82) is 0 Å². The van der Waals surface area contributed by atoms with Gasteiger partial charge in [0, 0.05) is 0 Å². The predicted octanol–water partition coefficient (Wildman–Crippen LogP) is 9.10. The molecule has 0 fully saturated rings. The Kier molecular flexibility index (Phi) is 7.99. The molecule has 0 aromatic heterocycles. The topological polar surface area (TPSA) is 0 Å². The van der Waals surface area contributed by atoms with Gasteiger partial charge in [0.15, 0.2) is 0 Å². The standard InChI is InChI=1S/2C14H11.C7H8Si.Zr/c2*1-10-8-12-7-6-11-4-2-3-5-13(11)14(12)9-10;1-8-7-5-3-2-4-6-7;/h2*2-9H,1H3;2-6H,1H3;/q2*-1;;+2. The molecule has 7 aromatic carbocycles. The van der Waals surface area contributed by atoms with Crippen molar-refractivity contribution < 1.29 is 23.3 Å². The van der Waals surface area contributed by atoms with Crippen LogP contribution in [0.25, 0.3) is 43.1 Å². The van der Waals surface area contributed by atoms with Crippen molar-refractivity contribution in [2.24, 2.45) is 0 Å². The molecule has 0 amide bonds. The van der Waals surface area contributed by atoms with Crippen LogP contribution in [0.2, 0.25) is 6.55 Å². The molecule has 0 unspecified atom stereocenters. The molecule has 0 bridgehead atoms. The van der Waals surface area contributed by atoms with Crippen LogP contribution in [0.1, 0.15) is 11.1 Å². The van der Waals surface area contributed by atoms with Crippen LogP contribution in [-0.2, 0) is 23.3 Å². The second kappa shape index (κ2) is 11.5. The van der Waals surface area contributed by atoms with Gasteiger partial charge in [-0.3, -0.25) is 0 Å². The Labute approximate surface area is 234 Å². The molecular weight excluding hydrogens is 540 g/mol. The maximum Gasteiger partial charge on any atom is -0.0579 e. The average molecular weight is 570 g/mol. The smallest absolute Gasteiger partial charge is 0.0579 e. The predicted molar refractivity (Wildman–Crippen MR) is 161 cm³/mol. The zero-order valence-corrected chi connectivity index (χ0v) is 25.1. The van der Waals surface area contributed by atoms with Crippen molar-refractivity contribution >= 4 is 53.7 Å². The van der Waals surface area contributed by atoms with E-state index in [0.717, 1.165) is 0 Å². The van der Waals surface area contributed by atoms with Crippen LogP contribution in [0, 0.1) is 13.8 Å². The maximum absolute atomic E-state index is 2.35. The van der Waals surface area contributed by atoms with E-state index in [0.29, 0.717) is 0 Å². The number of hydrogen-bond donors (Lipinski definition) is 0. The molecule has 37 heavy (non-hydrogen) atoms. The molecule has 0 aliphatic carbocycles. The normalized spacial score (nSPS) is 10.7. The van der Waals surface area contributed by atoms with Crippen molar-refractivity contribution in [3.63, 3.8) is 0 Å². The molecule has 0 radical (unpaired) electrons. The van der Waals surface area contributed by atoms with E-state index in [2.05, 4.69) is 148 Å². The van der Waals surface area contributed by atoms with Gasteiger partial charge in [-0.25, -0.2) is 0 Å². The van der Waals surface area contributed by atoms with Crippen molar-refractivity contribution in [1.82, 2.24) is 0 Å². The van der Waals surface area contributed by atoms with Crippen LogP contribution in [0.4, 0.5) is 0 Å². The van der Waals surface area contributed by atoms with Gasteiger partial charge in [0.05, 0.1) is 0 Å². The first kappa shape index (κ1) is 25.6. The zero-order valence-electron chi connectivity index (χ0n) is 21.6. The molecule has 0 atom stereocenters. The molecule has 0 heterocycles. The zero-order chi connectivity index (χ0) is 25.8. The molecule has 0 nitrogen and oxygen atoms in total. The summed E-state index contributed by atoms with van der Waals surface area (Å²) in [4.78, 5) is 0. The Morgan fingerprint density at radius 2 is 0.919 bits per heavy atom. The molecule has 0 aliphatic rings. The quantitative estimate of drug-likeness (QED) is 0.137. The largest absolute Gasteiger partial charge is 0.165 e. The van der Waals surface area contributed by atoms with E-state index in [4.69, 9.17) is 0 Å². The van der Waals surface area contributed by atoms with Gasteiger partial charge < -0.3 is 0 Å². The molecule has 178 valence electrons. The Morgan fingerprint density at radius 3 is 1.35 bits per heavy atom. The van der Waals surface area contributed by atoms with Gasteiger partial charge >= 0.3 is 70.8 Å².